The minimum absolute atomic E-state index is 0.0111. The number of rotatable bonds is 4. The van der Waals surface area contributed by atoms with Crippen molar-refractivity contribution in [3.63, 3.8) is 0 Å². The van der Waals surface area contributed by atoms with Crippen LogP contribution in [0.15, 0.2) is 30.3 Å². The van der Waals surface area contributed by atoms with Crippen molar-refractivity contribution < 1.29 is 22.4 Å². The van der Waals surface area contributed by atoms with E-state index in [-0.39, 0.29) is 29.0 Å². The minimum Gasteiger partial charge on any atom is -0.294 e. The summed E-state index contributed by atoms with van der Waals surface area (Å²) in [5, 5.41) is -0.103. The van der Waals surface area contributed by atoms with E-state index >= 15 is 0 Å². The first-order valence-corrected chi connectivity index (χ1v) is 6.38. The lowest BCUT2D eigenvalue weighted by molar-refractivity contribution is 0.0982. The summed E-state index contributed by atoms with van der Waals surface area (Å²) in [7, 11) is 0. The maximum Gasteiger partial charge on any atom is 0.194 e. The molecule has 0 aliphatic rings. The number of aryl methyl sites for hydroxylation is 1. The van der Waals surface area contributed by atoms with Crippen molar-refractivity contribution in [3.8, 4) is 0 Å². The van der Waals surface area contributed by atoms with Crippen LogP contribution in [0.4, 0.5) is 17.6 Å². The van der Waals surface area contributed by atoms with Crippen LogP contribution in [0, 0.1) is 23.3 Å². The van der Waals surface area contributed by atoms with Crippen molar-refractivity contribution in [2.45, 2.75) is 12.8 Å². The molecule has 0 bridgehead atoms. The SMILES string of the molecule is O=C(CCc1cc(F)c(F)c(F)c1)c1ccc(Cl)c(F)c1. The van der Waals surface area contributed by atoms with E-state index in [1.807, 2.05) is 0 Å². The zero-order chi connectivity index (χ0) is 15.6. The highest BCUT2D eigenvalue weighted by Crippen LogP contribution is 2.18. The maximum absolute atomic E-state index is 13.2. The molecule has 0 fully saturated rings. The van der Waals surface area contributed by atoms with E-state index in [0.717, 1.165) is 18.2 Å². The molecule has 2 aromatic rings. The van der Waals surface area contributed by atoms with E-state index in [9.17, 15) is 22.4 Å². The number of halogens is 5. The molecule has 6 heteroatoms. The lowest BCUT2D eigenvalue weighted by atomic mass is 10.0. The summed E-state index contributed by atoms with van der Waals surface area (Å²) in [4.78, 5) is 11.8. The topological polar surface area (TPSA) is 17.1 Å². The van der Waals surface area contributed by atoms with Gasteiger partial charge in [-0.1, -0.05) is 11.6 Å². The molecule has 0 atom stereocenters. The quantitative estimate of drug-likeness (QED) is 0.453. The summed E-state index contributed by atoms with van der Waals surface area (Å²) < 4.78 is 52.1. The molecule has 0 aliphatic heterocycles. The van der Waals surface area contributed by atoms with Crippen LogP contribution in [-0.2, 0) is 6.42 Å². The van der Waals surface area contributed by atoms with Crippen LogP contribution >= 0.6 is 11.6 Å². The molecule has 0 radical (unpaired) electrons. The van der Waals surface area contributed by atoms with Gasteiger partial charge in [0, 0.05) is 12.0 Å². The molecule has 110 valence electrons. The maximum atomic E-state index is 13.2. The first kappa shape index (κ1) is 15.5. The van der Waals surface area contributed by atoms with E-state index in [1.54, 1.807) is 0 Å². The minimum atomic E-state index is -1.55. The first-order chi connectivity index (χ1) is 9.88. The average molecular weight is 317 g/mol. The molecule has 21 heavy (non-hydrogen) atoms. The van der Waals surface area contributed by atoms with Crippen LogP contribution in [0.1, 0.15) is 22.3 Å². The Morgan fingerprint density at radius 3 is 2.14 bits per heavy atom. The number of benzene rings is 2. The van der Waals surface area contributed by atoms with E-state index < -0.39 is 29.1 Å². The predicted octanol–water partition coefficient (Wildman–Crippen LogP) is 4.71. The molecule has 0 saturated heterocycles. The van der Waals surface area contributed by atoms with Gasteiger partial charge < -0.3 is 0 Å². The third-order valence-corrected chi connectivity index (χ3v) is 3.23. The fourth-order valence-electron chi connectivity index (χ4n) is 1.82. The fourth-order valence-corrected chi connectivity index (χ4v) is 1.94. The van der Waals surface area contributed by atoms with Gasteiger partial charge in [0.15, 0.2) is 23.2 Å². The third-order valence-electron chi connectivity index (χ3n) is 2.93. The molecule has 2 aromatic carbocycles. The highest BCUT2D eigenvalue weighted by Gasteiger charge is 2.13. The molecule has 1 nitrogen and oxygen atoms in total. The van der Waals surface area contributed by atoms with E-state index in [0.29, 0.717) is 0 Å². The summed E-state index contributed by atoms with van der Waals surface area (Å²) >= 11 is 5.50. The third kappa shape index (κ3) is 3.61. The molecule has 0 aliphatic carbocycles. The van der Waals surface area contributed by atoms with Crippen LogP contribution in [0.3, 0.4) is 0 Å². The number of carbonyl (C=O) groups excluding carboxylic acids is 1. The molecule has 0 saturated carbocycles. The standard InChI is InChI=1S/C15H9ClF4O/c16-10-3-2-9(7-11(10)17)14(21)4-1-8-5-12(18)15(20)13(19)6-8/h2-3,5-7H,1,4H2. The molecular formula is C15H9ClF4O. The molecule has 0 N–H and O–H groups in total. The van der Waals surface area contributed by atoms with Crippen molar-refractivity contribution in [2.24, 2.45) is 0 Å². The van der Waals surface area contributed by atoms with Gasteiger partial charge in [-0.15, -0.1) is 0 Å². The first-order valence-electron chi connectivity index (χ1n) is 6.00. The van der Waals surface area contributed by atoms with Crippen LogP contribution in [0.2, 0.25) is 5.02 Å². The van der Waals surface area contributed by atoms with Crippen molar-refractivity contribution in [3.05, 3.63) is 69.8 Å². The Balaban J connectivity index is 2.09. The van der Waals surface area contributed by atoms with Gasteiger partial charge in [-0.25, -0.2) is 17.6 Å². The second-order valence-electron chi connectivity index (χ2n) is 4.43. The Bertz CT molecular complexity index is 677. The lowest BCUT2D eigenvalue weighted by Gasteiger charge is -2.04. The summed E-state index contributed by atoms with van der Waals surface area (Å²) in [6.07, 6.45) is -0.0806. The van der Waals surface area contributed by atoms with Gasteiger partial charge in [0.25, 0.3) is 0 Å². The number of ketones is 1. The molecule has 0 aromatic heterocycles. The zero-order valence-corrected chi connectivity index (χ0v) is 11.4. The van der Waals surface area contributed by atoms with E-state index in [1.165, 1.54) is 12.1 Å². The zero-order valence-electron chi connectivity index (χ0n) is 10.6. The van der Waals surface area contributed by atoms with Crippen molar-refractivity contribution in [2.75, 3.05) is 0 Å². The molecule has 0 heterocycles. The molecular weight excluding hydrogens is 308 g/mol. The largest absolute Gasteiger partial charge is 0.294 e. The number of Topliss-reactive ketones (excluding diaryl/α,β-unsaturated/α-hetero) is 1. The lowest BCUT2D eigenvalue weighted by Crippen LogP contribution is -2.03. The Morgan fingerprint density at radius 2 is 1.57 bits per heavy atom. The van der Waals surface area contributed by atoms with Gasteiger partial charge in [-0.2, -0.15) is 0 Å². The number of hydrogen-bond donors (Lipinski definition) is 0. The summed E-state index contributed by atoms with van der Waals surface area (Å²) in [5.41, 5.74) is 0.258. The van der Waals surface area contributed by atoms with Gasteiger partial charge in [0.1, 0.15) is 5.82 Å². The van der Waals surface area contributed by atoms with E-state index in [4.69, 9.17) is 11.6 Å². The van der Waals surface area contributed by atoms with Gasteiger partial charge in [0.05, 0.1) is 5.02 Å². The Morgan fingerprint density at radius 1 is 0.952 bits per heavy atom. The number of carbonyl (C=O) groups is 1. The fraction of sp³-hybridized carbons (Fsp3) is 0.133. The van der Waals surface area contributed by atoms with Gasteiger partial charge in [-0.3, -0.25) is 4.79 Å². The van der Waals surface area contributed by atoms with E-state index in [2.05, 4.69) is 0 Å². The van der Waals surface area contributed by atoms with Crippen molar-refractivity contribution in [1.82, 2.24) is 0 Å². The predicted molar refractivity (Wildman–Crippen MR) is 70.4 cm³/mol. The highest BCUT2D eigenvalue weighted by atomic mass is 35.5. The van der Waals surface area contributed by atoms with Gasteiger partial charge >= 0.3 is 0 Å². The van der Waals surface area contributed by atoms with Crippen LogP contribution in [0.5, 0.6) is 0 Å². The smallest absolute Gasteiger partial charge is 0.194 e. The summed E-state index contributed by atoms with van der Waals surface area (Å²) in [5.74, 6) is -5.30. The van der Waals surface area contributed by atoms with Gasteiger partial charge in [0.2, 0.25) is 0 Å². The van der Waals surface area contributed by atoms with Crippen molar-refractivity contribution in [1.29, 1.82) is 0 Å². The average Bonchev–Trinajstić information content (AvgIpc) is 2.44. The second kappa shape index (κ2) is 6.26. The Kier molecular flexibility index (Phi) is 4.63. The molecule has 0 unspecified atom stereocenters. The molecule has 0 spiro atoms. The van der Waals surface area contributed by atoms with Crippen LogP contribution in [-0.4, -0.2) is 5.78 Å². The van der Waals surface area contributed by atoms with Crippen LogP contribution < -0.4 is 0 Å². The molecule has 2 rings (SSSR count). The monoisotopic (exact) mass is 316 g/mol. The van der Waals surface area contributed by atoms with Crippen molar-refractivity contribution >= 4 is 17.4 Å². The Labute approximate surface area is 123 Å². The normalized spacial score (nSPS) is 10.7. The summed E-state index contributed by atoms with van der Waals surface area (Å²) in [6.45, 7) is 0. The summed E-state index contributed by atoms with van der Waals surface area (Å²) in [6, 6.07) is 5.26. The second-order valence-corrected chi connectivity index (χ2v) is 4.83. The highest BCUT2D eigenvalue weighted by molar-refractivity contribution is 6.30. The van der Waals surface area contributed by atoms with Gasteiger partial charge in [-0.05, 0) is 42.3 Å². The Hall–Kier alpha value is -1.88. The number of hydrogen-bond acceptors (Lipinski definition) is 1. The molecule has 0 amide bonds. The van der Waals surface area contributed by atoms with Crippen LogP contribution in [0.25, 0.3) is 0 Å².